The maximum absolute atomic E-state index is 11.2. The van der Waals surface area contributed by atoms with Crippen LogP contribution in [0.4, 0.5) is 0 Å². The average Bonchev–Trinajstić information content (AvgIpc) is 3.14. The van der Waals surface area contributed by atoms with Gasteiger partial charge in [0.05, 0.1) is 22.7 Å². The highest BCUT2D eigenvalue weighted by molar-refractivity contribution is 6.39. The van der Waals surface area contributed by atoms with Gasteiger partial charge >= 0.3 is 5.97 Å². The summed E-state index contributed by atoms with van der Waals surface area (Å²) in [4.78, 5) is 14.4. The van der Waals surface area contributed by atoms with Gasteiger partial charge in [0.1, 0.15) is 18.1 Å². The minimum Gasteiger partial charge on any atom is -0.497 e. The van der Waals surface area contributed by atoms with Crippen LogP contribution in [0.3, 0.4) is 0 Å². The number of aromatic nitrogens is 1. The van der Waals surface area contributed by atoms with Crippen LogP contribution in [0.2, 0.25) is 10.0 Å². The van der Waals surface area contributed by atoms with Crippen molar-refractivity contribution in [3.05, 3.63) is 81.8 Å². The van der Waals surface area contributed by atoms with Gasteiger partial charge < -0.3 is 19.6 Å². The Morgan fingerprint density at radius 1 is 0.967 bits per heavy atom. The molecule has 152 valence electrons. The third-order valence-electron chi connectivity index (χ3n) is 4.72. The van der Waals surface area contributed by atoms with Crippen LogP contribution in [0.25, 0.3) is 22.2 Å². The quantitative estimate of drug-likeness (QED) is 0.361. The fourth-order valence-electron chi connectivity index (χ4n) is 3.17. The number of hydrogen-bond donors (Lipinski definition) is 2. The average molecular weight is 442 g/mol. The van der Waals surface area contributed by atoms with E-state index < -0.39 is 5.97 Å². The highest BCUT2D eigenvalue weighted by atomic mass is 35.5. The molecule has 1 heterocycles. The van der Waals surface area contributed by atoms with E-state index in [1.54, 1.807) is 37.4 Å². The Bertz CT molecular complexity index is 1210. The van der Waals surface area contributed by atoms with Gasteiger partial charge in [-0.2, -0.15) is 0 Å². The van der Waals surface area contributed by atoms with E-state index in [-0.39, 0.29) is 5.56 Å². The number of H-pyrrole nitrogens is 1. The van der Waals surface area contributed by atoms with Crippen molar-refractivity contribution in [2.45, 2.75) is 6.61 Å². The van der Waals surface area contributed by atoms with E-state index in [0.29, 0.717) is 39.2 Å². The molecule has 4 aromatic rings. The number of hydrogen-bond acceptors (Lipinski definition) is 3. The maximum atomic E-state index is 11.2. The Kier molecular flexibility index (Phi) is 5.57. The molecule has 0 amide bonds. The Morgan fingerprint density at radius 3 is 2.30 bits per heavy atom. The van der Waals surface area contributed by atoms with Crippen molar-refractivity contribution in [2.24, 2.45) is 0 Å². The van der Waals surface area contributed by atoms with Crippen LogP contribution in [0.15, 0.2) is 60.7 Å². The summed E-state index contributed by atoms with van der Waals surface area (Å²) >= 11 is 13.0. The second-order valence-corrected chi connectivity index (χ2v) is 7.50. The third kappa shape index (κ3) is 4.08. The Morgan fingerprint density at radius 2 is 1.67 bits per heavy atom. The summed E-state index contributed by atoms with van der Waals surface area (Å²) in [6, 6.07) is 17.8. The number of methoxy groups -OCH3 is 1. The Balaban J connectivity index is 1.59. The van der Waals surface area contributed by atoms with Crippen LogP contribution < -0.4 is 9.47 Å². The predicted molar refractivity (Wildman–Crippen MR) is 118 cm³/mol. The molecular formula is C23H17Cl2NO4. The number of nitrogens with one attached hydrogen (secondary N) is 1. The lowest BCUT2D eigenvalue weighted by Gasteiger charge is -2.11. The van der Waals surface area contributed by atoms with Crippen LogP contribution in [0.1, 0.15) is 15.9 Å². The van der Waals surface area contributed by atoms with Crippen molar-refractivity contribution in [3.8, 4) is 22.8 Å². The first-order chi connectivity index (χ1) is 14.4. The van der Waals surface area contributed by atoms with E-state index >= 15 is 0 Å². The van der Waals surface area contributed by atoms with Crippen LogP contribution in [-0.2, 0) is 6.61 Å². The first-order valence-electron chi connectivity index (χ1n) is 9.06. The number of halogens is 2. The van der Waals surface area contributed by atoms with Crippen molar-refractivity contribution in [1.82, 2.24) is 4.98 Å². The predicted octanol–water partition coefficient (Wildman–Crippen LogP) is 6.43. The van der Waals surface area contributed by atoms with Crippen molar-refractivity contribution in [3.63, 3.8) is 0 Å². The van der Waals surface area contributed by atoms with E-state index in [1.807, 2.05) is 30.3 Å². The first-order valence-corrected chi connectivity index (χ1v) is 9.81. The molecule has 0 unspecified atom stereocenters. The van der Waals surface area contributed by atoms with Gasteiger partial charge in [-0.3, -0.25) is 0 Å². The molecule has 2 N–H and O–H groups in total. The van der Waals surface area contributed by atoms with Gasteiger partial charge in [-0.25, -0.2) is 4.79 Å². The molecule has 0 bridgehead atoms. The molecule has 0 saturated heterocycles. The molecule has 0 fully saturated rings. The van der Waals surface area contributed by atoms with Crippen LogP contribution in [0, 0.1) is 0 Å². The molecule has 0 aliphatic carbocycles. The summed E-state index contributed by atoms with van der Waals surface area (Å²) in [6.45, 7) is 0.361. The number of ether oxygens (including phenoxy) is 2. The Hall–Kier alpha value is -3.15. The number of rotatable bonds is 6. The number of carboxylic acids is 1. The topological polar surface area (TPSA) is 71.6 Å². The van der Waals surface area contributed by atoms with Crippen molar-refractivity contribution in [1.29, 1.82) is 0 Å². The maximum Gasteiger partial charge on any atom is 0.335 e. The zero-order valence-electron chi connectivity index (χ0n) is 15.9. The second kappa shape index (κ2) is 8.30. The molecule has 4 rings (SSSR count). The van der Waals surface area contributed by atoms with Gasteiger partial charge in [0.15, 0.2) is 0 Å². The standard InChI is InChI=1S/C23H17Cl2NO4/c1-29-16-6-2-13(3-7-16)12-30-17-10-18(24)22(19(25)11-17)21-8-14-4-5-15(23(27)28)9-20(14)26-21/h2-11,26H,12H2,1H3,(H,27,28). The van der Waals surface area contributed by atoms with Crippen molar-refractivity contribution >= 4 is 40.1 Å². The molecule has 0 radical (unpaired) electrons. The van der Waals surface area contributed by atoms with Gasteiger partial charge in [-0.15, -0.1) is 0 Å². The highest BCUT2D eigenvalue weighted by Gasteiger charge is 2.15. The van der Waals surface area contributed by atoms with E-state index in [1.165, 1.54) is 0 Å². The summed E-state index contributed by atoms with van der Waals surface area (Å²) in [5.74, 6) is 0.347. The van der Waals surface area contributed by atoms with Crippen molar-refractivity contribution in [2.75, 3.05) is 7.11 Å². The zero-order chi connectivity index (χ0) is 21.3. The molecule has 1 aromatic heterocycles. The molecule has 5 nitrogen and oxygen atoms in total. The fraction of sp³-hybridized carbons (Fsp3) is 0.0870. The molecule has 0 atom stereocenters. The lowest BCUT2D eigenvalue weighted by molar-refractivity contribution is 0.0697. The second-order valence-electron chi connectivity index (χ2n) is 6.69. The molecule has 0 spiro atoms. The number of carboxylic acid groups (broad SMARTS) is 1. The normalized spacial score (nSPS) is 10.9. The highest BCUT2D eigenvalue weighted by Crippen LogP contribution is 2.39. The van der Waals surface area contributed by atoms with E-state index in [0.717, 1.165) is 16.7 Å². The lowest BCUT2D eigenvalue weighted by atomic mass is 10.1. The lowest BCUT2D eigenvalue weighted by Crippen LogP contribution is -1.96. The van der Waals surface area contributed by atoms with E-state index in [9.17, 15) is 4.79 Å². The summed E-state index contributed by atoms with van der Waals surface area (Å²) < 4.78 is 11.0. The molecule has 7 heteroatoms. The van der Waals surface area contributed by atoms with Gasteiger partial charge in [0.2, 0.25) is 0 Å². The van der Waals surface area contributed by atoms with Gasteiger partial charge in [-0.05, 0) is 48.0 Å². The molecule has 0 saturated carbocycles. The summed E-state index contributed by atoms with van der Waals surface area (Å²) in [6.07, 6.45) is 0. The largest absolute Gasteiger partial charge is 0.497 e. The summed E-state index contributed by atoms with van der Waals surface area (Å²) in [7, 11) is 1.62. The smallest absolute Gasteiger partial charge is 0.335 e. The summed E-state index contributed by atoms with van der Waals surface area (Å²) in [5, 5.41) is 10.9. The number of aromatic carboxylic acids is 1. The number of aromatic amines is 1. The number of fused-ring (bicyclic) bond motifs is 1. The van der Waals surface area contributed by atoms with Crippen LogP contribution >= 0.6 is 23.2 Å². The number of carbonyl (C=O) groups is 1. The van der Waals surface area contributed by atoms with Gasteiger partial charge in [0.25, 0.3) is 0 Å². The first kappa shape index (κ1) is 20.1. The van der Waals surface area contributed by atoms with Crippen molar-refractivity contribution < 1.29 is 19.4 Å². The molecule has 0 aliphatic heterocycles. The summed E-state index contributed by atoms with van der Waals surface area (Å²) in [5.41, 5.74) is 3.21. The van der Waals surface area contributed by atoms with Crippen LogP contribution in [-0.4, -0.2) is 23.2 Å². The monoisotopic (exact) mass is 441 g/mol. The van der Waals surface area contributed by atoms with Gasteiger partial charge in [0, 0.05) is 22.2 Å². The molecule has 30 heavy (non-hydrogen) atoms. The SMILES string of the molecule is COc1ccc(COc2cc(Cl)c(-c3cc4ccc(C(=O)O)cc4[nH]3)c(Cl)c2)cc1. The van der Waals surface area contributed by atoms with E-state index in [2.05, 4.69) is 4.98 Å². The third-order valence-corrected chi connectivity index (χ3v) is 5.32. The van der Waals surface area contributed by atoms with Gasteiger partial charge in [-0.1, -0.05) is 41.4 Å². The minimum atomic E-state index is -0.984. The molecule has 0 aliphatic rings. The zero-order valence-corrected chi connectivity index (χ0v) is 17.4. The van der Waals surface area contributed by atoms with Crippen LogP contribution in [0.5, 0.6) is 11.5 Å². The molecular weight excluding hydrogens is 425 g/mol. The minimum absolute atomic E-state index is 0.204. The Labute approximate surface area is 182 Å². The number of benzene rings is 3. The fourth-order valence-corrected chi connectivity index (χ4v) is 3.84. The van der Waals surface area contributed by atoms with E-state index in [4.69, 9.17) is 37.8 Å². The molecule has 3 aromatic carbocycles.